The largest absolute Gasteiger partial charge is 0.497 e. The summed E-state index contributed by atoms with van der Waals surface area (Å²) in [6.45, 7) is 8.03. The van der Waals surface area contributed by atoms with Crippen LogP contribution < -0.4 is 24.9 Å². The van der Waals surface area contributed by atoms with Crippen LogP contribution >= 0.6 is 11.3 Å². The molecule has 3 aromatic carbocycles. The third-order valence-corrected chi connectivity index (χ3v) is 8.73. The second-order valence-corrected chi connectivity index (χ2v) is 11.7. The molecular weight excluding hydrogens is 556 g/mol. The SMILES string of the molecule is COc1ccc([C@H]2C(C(=O)Nc3ccccc3)=C(C)N=c3s/c(=C\c4cc(C)n(-c5cccc(C)c5)c4C)c(=O)n32)cc1. The van der Waals surface area contributed by atoms with E-state index >= 15 is 0 Å². The van der Waals surface area contributed by atoms with E-state index in [2.05, 4.69) is 54.9 Å². The molecule has 6 rings (SSSR count). The van der Waals surface area contributed by atoms with Crippen LogP contribution in [0.25, 0.3) is 11.8 Å². The van der Waals surface area contributed by atoms with E-state index in [0.29, 0.717) is 32.0 Å². The summed E-state index contributed by atoms with van der Waals surface area (Å²) < 4.78 is 9.77. The Balaban J connectivity index is 1.49. The number of amides is 1. The van der Waals surface area contributed by atoms with Crippen molar-refractivity contribution in [3.8, 4) is 11.4 Å². The zero-order valence-electron chi connectivity index (χ0n) is 24.7. The van der Waals surface area contributed by atoms with E-state index in [-0.39, 0.29) is 11.5 Å². The van der Waals surface area contributed by atoms with Crippen molar-refractivity contribution >= 4 is 29.0 Å². The van der Waals surface area contributed by atoms with E-state index in [9.17, 15) is 9.59 Å². The number of carbonyl (C=O) groups is 1. The van der Waals surface area contributed by atoms with Gasteiger partial charge in [0.15, 0.2) is 4.80 Å². The number of nitrogens with zero attached hydrogens (tertiary/aromatic N) is 3. The van der Waals surface area contributed by atoms with Gasteiger partial charge in [-0.25, -0.2) is 4.99 Å². The molecule has 1 aliphatic heterocycles. The lowest BCUT2D eigenvalue weighted by atomic mass is 9.95. The van der Waals surface area contributed by atoms with Gasteiger partial charge in [-0.3, -0.25) is 14.2 Å². The van der Waals surface area contributed by atoms with Crippen molar-refractivity contribution in [2.45, 2.75) is 33.7 Å². The molecule has 0 saturated carbocycles. The molecule has 0 bridgehead atoms. The molecule has 0 aliphatic carbocycles. The summed E-state index contributed by atoms with van der Waals surface area (Å²) in [4.78, 5) is 33.3. The summed E-state index contributed by atoms with van der Waals surface area (Å²) in [6, 6.07) is 26.6. The fourth-order valence-corrected chi connectivity index (χ4v) is 6.71. The first kappa shape index (κ1) is 28.2. The van der Waals surface area contributed by atoms with E-state index in [1.807, 2.05) is 73.7 Å². The first-order chi connectivity index (χ1) is 20.7. The van der Waals surface area contributed by atoms with Gasteiger partial charge >= 0.3 is 0 Å². The summed E-state index contributed by atoms with van der Waals surface area (Å²) in [5.74, 6) is 0.389. The van der Waals surface area contributed by atoms with Crippen LogP contribution in [0.5, 0.6) is 5.75 Å². The summed E-state index contributed by atoms with van der Waals surface area (Å²) in [5, 5.41) is 2.99. The number of hydrogen-bond donors (Lipinski definition) is 1. The van der Waals surface area contributed by atoms with E-state index in [0.717, 1.165) is 28.2 Å². The molecule has 1 amide bonds. The molecule has 1 aliphatic rings. The average Bonchev–Trinajstić information content (AvgIpc) is 3.46. The first-order valence-electron chi connectivity index (χ1n) is 14.0. The number of rotatable bonds is 6. The molecule has 1 N–H and O–H groups in total. The van der Waals surface area contributed by atoms with Gasteiger partial charge in [0.05, 0.1) is 29.0 Å². The van der Waals surface area contributed by atoms with E-state index in [1.54, 1.807) is 11.7 Å². The van der Waals surface area contributed by atoms with Gasteiger partial charge in [0.1, 0.15) is 5.75 Å². The monoisotopic (exact) mass is 588 g/mol. The number of allylic oxidation sites excluding steroid dienone is 1. The fraction of sp³-hybridized carbons (Fsp3) is 0.171. The molecule has 0 radical (unpaired) electrons. The minimum absolute atomic E-state index is 0.192. The van der Waals surface area contributed by atoms with Crippen LogP contribution in [0.3, 0.4) is 0 Å². The number of carbonyl (C=O) groups excluding carboxylic acids is 1. The highest BCUT2D eigenvalue weighted by Gasteiger charge is 2.32. The third kappa shape index (κ3) is 5.26. The molecule has 0 spiro atoms. The highest BCUT2D eigenvalue weighted by atomic mass is 32.1. The van der Waals surface area contributed by atoms with Crippen molar-refractivity contribution in [3.05, 3.63) is 144 Å². The number of hydrogen-bond acceptors (Lipinski definition) is 5. The predicted molar refractivity (Wildman–Crippen MR) is 172 cm³/mol. The first-order valence-corrected chi connectivity index (χ1v) is 14.9. The minimum Gasteiger partial charge on any atom is -0.497 e. The Kier molecular flexibility index (Phi) is 7.46. The van der Waals surface area contributed by atoms with E-state index in [1.165, 1.54) is 16.9 Å². The van der Waals surface area contributed by atoms with Gasteiger partial charge in [0.2, 0.25) is 0 Å². The Labute approximate surface area is 253 Å². The Hall–Kier alpha value is -4.95. The van der Waals surface area contributed by atoms with Crippen LogP contribution in [0.15, 0.2) is 106 Å². The summed E-state index contributed by atoms with van der Waals surface area (Å²) >= 11 is 1.33. The number of ether oxygens (including phenoxy) is 1. The third-order valence-electron chi connectivity index (χ3n) is 7.75. The highest BCUT2D eigenvalue weighted by Crippen LogP contribution is 2.32. The number of para-hydroxylation sites is 1. The average molecular weight is 589 g/mol. The molecule has 2 aromatic heterocycles. The number of aromatic nitrogens is 2. The Bertz CT molecular complexity index is 2070. The normalized spacial score (nSPS) is 14.8. The van der Waals surface area contributed by atoms with Crippen molar-refractivity contribution < 1.29 is 9.53 Å². The van der Waals surface area contributed by atoms with Crippen molar-refractivity contribution in [2.24, 2.45) is 4.99 Å². The van der Waals surface area contributed by atoms with Gasteiger partial charge in [-0.05, 0) is 92.9 Å². The fourth-order valence-electron chi connectivity index (χ4n) is 5.67. The zero-order valence-corrected chi connectivity index (χ0v) is 25.5. The molecule has 0 fully saturated rings. The number of methoxy groups -OCH3 is 1. The van der Waals surface area contributed by atoms with Crippen LogP contribution in [-0.2, 0) is 4.79 Å². The Morgan fingerprint density at radius 1 is 0.953 bits per heavy atom. The molecule has 3 heterocycles. The van der Waals surface area contributed by atoms with Crippen LogP contribution in [0.1, 0.15) is 41.0 Å². The van der Waals surface area contributed by atoms with E-state index in [4.69, 9.17) is 9.73 Å². The smallest absolute Gasteiger partial charge is 0.271 e. The molecule has 7 nitrogen and oxygen atoms in total. The lowest BCUT2D eigenvalue weighted by Crippen LogP contribution is -2.40. The van der Waals surface area contributed by atoms with Crippen molar-refractivity contribution in [3.63, 3.8) is 0 Å². The highest BCUT2D eigenvalue weighted by molar-refractivity contribution is 7.07. The van der Waals surface area contributed by atoms with Gasteiger partial charge < -0.3 is 14.6 Å². The quantitative estimate of drug-likeness (QED) is 0.281. The maximum atomic E-state index is 14.2. The molecule has 216 valence electrons. The summed E-state index contributed by atoms with van der Waals surface area (Å²) in [6.07, 6.45) is 1.94. The van der Waals surface area contributed by atoms with Crippen molar-refractivity contribution in [2.75, 3.05) is 12.4 Å². The second-order valence-electron chi connectivity index (χ2n) is 10.7. The van der Waals surface area contributed by atoms with Crippen LogP contribution in [0.2, 0.25) is 0 Å². The number of nitrogens with one attached hydrogen (secondary N) is 1. The molecule has 1 atom stereocenters. The van der Waals surface area contributed by atoms with Crippen molar-refractivity contribution in [1.29, 1.82) is 0 Å². The minimum atomic E-state index is -0.659. The number of thiazole rings is 1. The number of fused-ring (bicyclic) bond motifs is 1. The van der Waals surface area contributed by atoms with E-state index < -0.39 is 6.04 Å². The number of aryl methyl sites for hydroxylation is 2. The molecule has 8 heteroatoms. The van der Waals surface area contributed by atoms with Crippen LogP contribution in [0.4, 0.5) is 5.69 Å². The van der Waals surface area contributed by atoms with Gasteiger partial charge in [0, 0.05) is 22.8 Å². The standard InChI is InChI=1S/C35H32N4O3S/c1-21-10-9-13-28(18-21)38-22(2)19-26(24(38)4)20-30-34(41)39-32(25-14-16-29(42-5)17-15-25)31(23(3)36-35(39)43-30)33(40)37-27-11-7-6-8-12-27/h6-20,32H,1-5H3,(H,37,40)/b30-20-/t32-/m0/s1. The number of anilines is 1. The lowest BCUT2D eigenvalue weighted by molar-refractivity contribution is -0.113. The molecule has 0 saturated heterocycles. The topological polar surface area (TPSA) is 77.6 Å². The zero-order chi connectivity index (χ0) is 30.2. The Morgan fingerprint density at radius 3 is 2.40 bits per heavy atom. The molecule has 0 unspecified atom stereocenters. The molecule has 43 heavy (non-hydrogen) atoms. The second kappa shape index (κ2) is 11.4. The van der Waals surface area contributed by atoms with Gasteiger partial charge in [-0.15, -0.1) is 0 Å². The Morgan fingerprint density at radius 2 is 1.70 bits per heavy atom. The summed E-state index contributed by atoms with van der Waals surface area (Å²) in [5.41, 5.74) is 7.60. The maximum Gasteiger partial charge on any atom is 0.271 e. The van der Waals surface area contributed by atoms with Crippen LogP contribution in [0, 0.1) is 20.8 Å². The van der Waals surface area contributed by atoms with Crippen molar-refractivity contribution in [1.82, 2.24) is 9.13 Å². The van der Waals surface area contributed by atoms with Gasteiger partial charge in [0.25, 0.3) is 11.5 Å². The molecule has 5 aromatic rings. The summed E-state index contributed by atoms with van der Waals surface area (Å²) in [7, 11) is 1.61. The van der Waals surface area contributed by atoms with Crippen LogP contribution in [-0.4, -0.2) is 22.2 Å². The lowest BCUT2D eigenvalue weighted by Gasteiger charge is -2.25. The maximum absolute atomic E-state index is 14.2. The predicted octanol–water partition coefficient (Wildman–Crippen LogP) is 5.60. The number of benzene rings is 3. The molecular formula is C35H32N4O3S. The van der Waals surface area contributed by atoms with Gasteiger partial charge in [-0.1, -0.05) is 53.8 Å². The van der Waals surface area contributed by atoms with Gasteiger partial charge in [-0.2, -0.15) is 0 Å².